The predicted octanol–water partition coefficient (Wildman–Crippen LogP) is 3.40. The maximum atomic E-state index is 5.60. The van der Waals surface area contributed by atoms with Gasteiger partial charge in [0.25, 0.3) is 0 Å². The van der Waals surface area contributed by atoms with Crippen LogP contribution in [0.4, 0.5) is 0 Å². The Hall–Kier alpha value is 0.0300. The number of hydrogen-bond acceptors (Lipinski definition) is 3. The molecule has 5 heteroatoms. The van der Waals surface area contributed by atoms with E-state index in [4.69, 9.17) is 18.0 Å². The van der Waals surface area contributed by atoms with E-state index in [1.165, 1.54) is 9.35 Å². The summed E-state index contributed by atoms with van der Waals surface area (Å²) in [4.78, 5) is 2.92. The monoisotopic (exact) mass is 320 g/mol. The highest BCUT2D eigenvalue weighted by Crippen LogP contribution is 2.22. The fourth-order valence-electron chi connectivity index (χ4n) is 1.69. The summed E-state index contributed by atoms with van der Waals surface area (Å²) in [6.45, 7) is 3.12. The van der Waals surface area contributed by atoms with Crippen molar-refractivity contribution in [1.82, 2.24) is 4.90 Å². The van der Waals surface area contributed by atoms with Gasteiger partial charge in [0.15, 0.2) is 0 Å². The molecular formula is C11H17BrN2S2. The van der Waals surface area contributed by atoms with Crippen molar-refractivity contribution in [2.45, 2.75) is 32.4 Å². The Morgan fingerprint density at radius 2 is 2.38 bits per heavy atom. The van der Waals surface area contributed by atoms with E-state index in [1.807, 2.05) is 0 Å². The van der Waals surface area contributed by atoms with Crippen LogP contribution in [-0.4, -0.2) is 23.0 Å². The second-order valence-electron chi connectivity index (χ2n) is 3.91. The molecule has 1 rings (SSSR count). The van der Waals surface area contributed by atoms with E-state index in [1.54, 1.807) is 11.3 Å². The van der Waals surface area contributed by atoms with E-state index in [9.17, 15) is 0 Å². The SMILES string of the molecule is CCC(CC(N)=S)N(C)Cc1csc(Br)c1. The number of hydrogen-bond donors (Lipinski definition) is 1. The fourth-order valence-corrected chi connectivity index (χ4v) is 3.08. The van der Waals surface area contributed by atoms with Crippen LogP contribution in [0.15, 0.2) is 15.2 Å². The number of rotatable bonds is 6. The van der Waals surface area contributed by atoms with Gasteiger partial charge in [-0.25, -0.2) is 0 Å². The minimum Gasteiger partial charge on any atom is -0.393 e. The van der Waals surface area contributed by atoms with Crippen molar-refractivity contribution in [3.63, 3.8) is 0 Å². The molecule has 0 fully saturated rings. The number of nitrogens with two attached hydrogens (primary N) is 1. The molecule has 0 saturated carbocycles. The third-order valence-electron chi connectivity index (χ3n) is 2.59. The third-order valence-corrected chi connectivity index (χ3v) is 4.31. The summed E-state index contributed by atoms with van der Waals surface area (Å²) < 4.78 is 1.18. The van der Waals surface area contributed by atoms with Gasteiger partial charge >= 0.3 is 0 Å². The molecule has 2 N–H and O–H groups in total. The van der Waals surface area contributed by atoms with Gasteiger partial charge in [-0.15, -0.1) is 11.3 Å². The smallest absolute Gasteiger partial charge is 0.0743 e. The molecule has 0 bridgehead atoms. The Bertz CT molecular complexity index is 352. The molecule has 16 heavy (non-hydrogen) atoms. The van der Waals surface area contributed by atoms with Gasteiger partial charge < -0.3 is 5.73 Å². The zero-order valence-corrected chi connectivity index (χ0v) is 12.8. The quantitative estimate of drug-likeness (QED) is 0.814. The lowest BCUT2D eigenvalue weighted by atomic mass is 10.1. The zero-order valence-electron chi connectivity index (χ0n) is 9.57. The van der Waals surface area contributed by atoms with Gasteiger partial charge in [0.05, 0.1) is 8.77 Å². The first-order chi connectivity index (χ1) is 7.52. The molecule has 1 heterocycles. The highest BCUT2D eigenvalue weighted by atomic mass is 79.9. The average Bonchev–Trinajstić information content (AvgIpc) is 2.60. The van der Waals surface area contributed by atoms with E-state index in [0.29, 0.717) is 11.0 Å². The Morgan fingerprint density at radius 1 is 1.69 bits per heavy atom. The van der Waals surface area contributed by atoms with Crippen molar-refractivity contribution in [3.8, 4) is 0 Å². The molecule has 1 aromatic rings. The van der Waals surface area contributed by atoms with Crippen molar-refractivity contribution < 1.29 is 0 Å². The summed E-state index contributed by atoms with van der Waals surface area (Å²) in [5.41, 5.74) is 6.94. The summed E-state index contributed by atoms with van der Waals surface area (Å²) in [6, 6.07) is 2.60. The van der Waals surface area contributed by atoms with Crippen LogP contribution in [0, 0.1) is 0 Å². The fraction of sp³-hybridized carbons (Fsp3) is 0.545. The highest BCUT2D eigenvalue weighted by Gasteiger charge is 2.14. The molecular weight excluding hydrogens is 304 g/mol. The number of halogens is 1. The van der Waals surface area contributed by atoms with Crippen molar-refractivity contribution in [2.24, 2.45) is 5.73 Å². The summed E-state index contributed by atoms with van der Waals surface area (Å²) in [5, 5.41) is 2.17. The van der Waals surface area contributed by atoms with Crippen LogP contribution in [0.3, 0.4) is 0 Å². The third kappa shape index (κ3) is 4.49. The molecule has 0 aliphatic carbocycles. The van der Waals surface area contributed by atoms with Crippen LogP contribution in [0.1, 0.15) is 25.3 Å². The second kappa shape index (κ2) is 6.69. The Balaban J connectivity index is 2.55. The molecule has 90 valence electrons. The molecule has 0 aliphatic heterocycles. The Kier molecular flexibility index (Phi) is 5.89. The minimum absolute atomic E-state index is 0.441. The second-order valence-corrected chi connectivity index (χ2v) is 6.72. The van der Waals surface area contributed by atoms with E-state index in [-0.39, 0.29) is 0 Å². The maximum Gasteiger partial charge on any atom is 0.0743 e. The average molecular weight is 321 g/mol. The molecule has 0 aliphatic rings. The van der Waals surface area contributed by atoms with Crippen molar-refractivity contribution in [2.75, 3.05) is 7.05 Å². The normalized spacial score (nSPS) is 13.0. The Labute approximate surface area is 115 Å². The van der Waals surface area contributed by atoms with Gasteiger partial charge in [-0.2, -0.15) is 0 Å². The van der Waals surface area contributed by atoms with Crippen molar-refractivity contribution >= 4 is 44.5 Å². The molecule has 0 saturated heterocycles. The first-order valence-corrected chi connectivity index (χ1v) is 7.32. The van der Waals surface area contributed by atoms with Gasteiger partial charge in [0, 0.05) is 19.0 Å². The predicted molar refractivity (Wildman–Crippen MR) is 79.0 cm³/mol. The van der Waals surface area contributed by atoms with Gasteiger partial charge in [0.1, 0.15) is 0 Å². The molecule has 0 radical (unpaired) electrons. The lowest BCUT2D eigenvalue weighted by molar-refractivity contribution is 0.233. The molecule has 0 spiro atoms. The molecule has 0 aromatic carbocycles. The zero-order chi connectivity index (χ0) is 12.1. The standard InChI is InChI=1S/C11H17BrN2S2/c1-3-9(5-11(13)15)14(2)6-8-4-10(12)16-7-8/h4,7,9H,3,5-6H2,1-2H3,(H2,13,15). The number of thiocarbonyl (C=S) groups is 1. The van der Waals surface area contributed by atoms with E-state index < -0.39 is 0 Å². The number of nitrogens with zero attached hydrogens (tertiary/aromatic N) is 1. The van der Waals surface area contributed by atoms with Crippen LogP contribution in [0.25, 0.3) is 0 Å². The maximum absolute atomic E-state index is 5.60. The molecule has 1 atom stereocenters. The number of thiophene rings is 1. The molecule has 0 amide bonds. The minimum atomic E-state index is 0.441. The van der Waals surface area contributed by atoms with Crippen molar-refractivity contribution in [3.05, 3.63) is 20.8 Å². The van der Waals surface area contributed by atoms with Gasteiger partial charge in [-0.3, -0.25) is 4.90 Å². The lowest BCUT2D eigenvalue weighted by Gasteiger charge is -2.26. The van der Waals surface area contributed by atoms with Crippen LogP contribution >= 0.6 is 39.5 Å². The molecule has 1 aromatic heterocycles. The van der Waals surface area contributed by atoms with E-state index in [2.05, 4.69) is 46.2 Å². The topological polar surface area (TPSA) is 29.3 Å². The largest absolute Gasteiger partial charge is 0.393 e. The Morgan fingerprint density at radius 3 is 2.81 bits per heavy atom. The molecule has 2 nitrogen and oxygen atoms in total. The summed E-state index contributed by atoms with van der Waals surface area (Å²) in [7, 11) is 2.12. The van der Waals surface area contributed by atoms with Crippen LogP contribution < -0.4 is 5.73 Å². The molecule has 1 unspecified atom stereocenters. The summed E-state index contributed by atoms with van der Waals surface area (Å²) >= 11 is 10.2. The van der Waals surface area contributed by atoms with E-state index >= 15 is 0 Å². The van der Waals surface area contributed by atoms with Gasteiger partial charge in [-0.1, -0.05) is 19.1 Å². The highest BCUT2D eigenvalue weighted by molar-refractivity contribution is 9.11. The first kappa shape index (κ1) is 14.1. The van der Waals surface area contributed by atoms with Crippen LogP contribution in [-0.2, 0) is 6.54 Å². The first-order valence-electron chi connectivity index (χ1n) is 5.24. The van der Waals surface area contributed by atoms with Crippen molar-refractivity contribution in [1.29, 1.82) is 0 Å². The summed E-state index contributed by atoms with van der Waals surface area (Å²) in [5.74, 6) is 0. The van der Waals surface area contributed by atoms with Gasteiger partial charge in [-0.05, 0) is 46.4 Å². The van der Waals surface area contributed by atoms with Crippen LogP contribution in [0.5, 0.6) is 0 Å². The lowest BCUT2D eigenvalue weighted by Crippen LogP contribution is -2.33. The van der Waals surface area contributed by atoms with E-state index in [0.717, 1.165) is 19.4 Å². The summed E-state index contributed by atoms with van der Waals surface area (Å²) in [6.07, 6.45) is 1.87. The van der Waals surface area contributed by atoms with Gasteiger partial charge in [0.2, 0.25) is 0 Å². The van der Waals surface area contributed by atoms with Crippen LogP contribution in [0.2, 0.25) is 0 Å².